The van der Waals surface area contributed by atoms with Gasteiger partial charge in [-0.15, -0.1) is 0 Å². The van der Waals surface area contributed by atoms with Crippen LogP contribution in [0.4, 0.5) is 0 Å². The maximum Gasteiger partial charge on any atom is 0.360 e. The number of nitrogens with two attached hydrogens (primary N) is 2. The zero-order valence-electron chi connectivity index (χ0n) is 69.7. The van der Waals surface area contributed by atoms with Gasteiger partial charge < -0.3 is 60.3 Å². The summed E-state index contributed by atoms with van der Waals surface area (Å²) in [5.74, 6) is -0.690. The number of carboxylic acid groups (broad SMARTS) is 3. The number of hydrogen-bond acceptors (Lipinski definition) is 21. The molecule has 6 aliphatic heterocycles. The first-order valence-electron chi connectivity index (χ1n) is 45.1. The molecule has 12 unspecified atom stereocenters. The summed E-state index contributed by atoms with van der Waals surface area (Å²) in [5, 5.41) is 41.6. The normalized spacial score (nSPS) is 30.6. The van der Waals surface area contributed by atoms with Crippen molar-refractivity contribution >= 4 is 85.9 Å². The Bertz CT molecular complexity index is 5040. The van der Waals surface area contributed by atoms with Gasteiger partial charge in [-0.2, -0.15) is 0 Å². The highest BCUT2D eigenvalue weighted by Gasteiger charge is 2.50. The monoisotopic (exact) mass is 1660 g/mol. The number of benzene rings is 3. The Balaban J connectivity index is 0.000000135. The third kappa shape index (κ3) is 18.9. The van der Waals surface area contributed by atoms with Crippen molar-refractivity contribution in [1.29, 1.82) is 0 Å². The van der Waals surface area contributed by atoms with Gasteiger partial charge in [0.15, 0.2) is 29.4 Å². The molecule has 12 atom stereocenters. The number of oxime groups is 3. The minimum Gasteiger partial charge on any atom is -0.479 e. The van der Waals surface area contributed by atoms with Crippen molar-refractivity contribution in [1.82, 2.24) is 48.7 Å². The number of nitrogens with zero attached hydrogens (tertiary/aromatic N) is 12. The van der Waals surface area contributed by atoms with E-state index in [4.69, 9.17) is 36.2 Å². The van der Waals surface area contributed by atoms with E-state index in [1.165, 1.54) is 148 Å². The average Bonchev–Trinajstić information content (AvgIpc) is 1.09. The summed E-state index contributed by atoms with van der Waals surface area (Å²) in [4.78, 5) is 149. The van der Waals surface area contributed by atoms with E-state index in [1.54, 1.807) is 10.6 Å². The quantitative estimate of drug-likeness (QED) is 0.0256. The molecule has 0 spiro atoms. The first-order chi connectivity index (χ1) is 58.7. The number of likely N-dealkylation sites (N-methyl/N-ethyl adjacent to an activating group) is 1. The third-order valence-electron chi connectivity index (χ3n) is 29.4. The Morgan fingerprint density at radius 3 is 1.03 bits per heavy atom. The summed E-state index contributed by atoms with van der Waals surface area (Å²) in [6, 6.07) is 26.9. The van der Waals surface area contributed by atoms with Crippen LogP contribution in [0.3, 0.4) is 0 Å². The fourth-order valence-electron chi connectivity index (χ4n) is 25.0. The predicted molar refractivity (Wildman–Crippen MR) is 455 cm³/mol. The van der Waals surface area contributed by atoms with Crippen LogP contribution in [0.25, 0.3) is 33.1 Å². The van der Waals surface area contributed by atoms with Crippen LogP contribution in [-0.2, 0) is 43.3 Å². The van der Waals surface area contributed by atoms with E-state index in [0.717, 1.165) is 124 Å². The van der Waals surface area contributed by atoms with Crippen LogP contribution in [0, 0.1) is 35.5 Å². The van der Waals surface area contributed by atoms with Gasteiger partial charge in [0.2, 0.25) is 24.8 Å². The number of hydrogen-bond donors (Lipinski definition) is 6. The second kappa shape index (κ2) is 37.9. The lowest BCUT2D eigenvalue weighted by molar-refractivity contribution is -0.143. The van der Waals surface area contributed by atoms with Crippen molar-refractivity contribution in [3.05, 3.63) is 121 Å². The molecule has 30 heteroatoms. The van der Waals surface area contributed by atoms with Gasteiger partial charge in [0, 0.05) is 92.4 Å². The molecule has 9 heterocycles. The number of fused-ring (bicyclic) bond motifs is 15. The molecule has 648 valence electrons. The van der Waals surface area contributed by atoms with Gasteiger partial charge in [0.25, 0.3) is 28.5 Å². The predicted octanol–water partition coefficient (Wildman–Crippen LogP) is 11.1. The van der Waals surface area contributed by atoms with Gasteiger partial charge in [-0.05, 0) is 207 Å². The second-order valence-electron chi connectivity index (χ2n) is 37.1. The summed E-state index contributed by atoms with van der Waals surface area (Å²) >= 11 is 0. The van der Waals surface area contributed by atoms with E-state index in [1.807, 2.05) is 75.9 Å². The van der Waals surface area contributed by atoms with Crippen molar-refractivity contribution in [2.45, 2.75) is 304 Å². The van der Waals surface area contributed by atoms with E-state index in [0.29, 0.717) is 76.4 Å². The molecule has 18 rings (SSSR count). The van der Waals surface area contributed by atoms with E-state index in [9.17, 15) is 48.3 Å². The second-order valence-corrected chi connectivity index (χ2v) is 37.1. The largest absolute Gasteiger partial charge is 0.479 e. The van der Waals surface area contributed by atoms with Gasteiger partial charge in [0.05, 0.1) is 33.1 Å². The van der Waals surface area contributed by atoms with Crippen molar-refractivity contribution in [3.63, 3.8) is 0 Å². The van der Waals surface area contributed by atoms with Gasteiger partial charge in [0.1, 0.15) is 5.71 Å². The van der Waals surface area contributed by atoms with Crippen LogP contribution >= 0.6 is 0 Å². The Morgan fingerprint density at radius 2 is 0.686 bits per heavy atom. The summed E-state index contributed by atoms with van der Waals surface area (Å²) in [5.41, 5.74) is 12.1. The number of aliphatic carboxylic acids is 3. The lowest BCUT2D eigenvalue weighted by Gasteiger charge is -2.55. The highest BCUT2D eigenvalue weighted by molar-refractivity contribution is 6.44. The average molecular weight is 1660 g/mol. The van der Waals surface area contributed by atoms with Gasteiger partial charge in [-0.25, -0.2) is 29.3 Å². The first kappa shape index (κ1) is 84.8. The molecule has 3 aromatic heterocycles. The smallest absolute Gasteiger partial charge is 0.360 e. The molecule has 30 nitrogen and oxygen atoms in total. The summed E-state index contributed by atoms with van der Waals surface area (Å²) in [6.45, 7) is -1.98. The standard InChI is InChI=1S/C31H41N5O5.2C30H39N5O5/c32-28(37)12-11-26(34-41-18-29(38)39)30-31(40)36(27-10-2-1-9-25(27)33-30)24-16-21-7-4-8-22(17-24)35(21)23-14-19-5-3-6-20(13-19)15-23;1-31-29(38)27(33-40-17-26(36)37)28-30(39)35(25-11-3-2-10-24(25)32-28)23-15-20-8-5-9-21(16-23)34(20)22-13-18-6-4-7-19(12-18)14-22;31-26(36)17-40-33-28(30(38)39)27-29(37)35(25-11-4-3-10-24(25)32-27)23-15-20-8-5-9-21(16-23)34(20)22-13-18-6-1-2-7-19(12-18)14-22/h1-2,9-10,19-24H,3-8,11-18H2,(H2,32,37)(H,38,39);2-3,10-11,18-23H,4-9,12-17H2,1H3,(H,31,38)(H,36,37);3-4,10-11,18-23H,1-2,5-9,12-17H2,(H2,31,36)(H,38,39)/b34-26+;33-27-;33-28-. The molecular formula is C91H119N15O15. The van der Waals surface area contributed by atoms with Crippen LogP contribution in [0.1, 0.15) is 266 Å². The lowest BCUT2D eigenvalue weighted by Crippen LogP contribution is -2.58. The Labute approximate surface area is 703 Å². The van der Waals surface area contributed by atoms with E-state index in [-0.39, 0.29) is 65.0 Å². The van der Waals surface area contributed by atoms with Crippen LogP contribution in [0.15, 0.2) is 103 Å². The molecule has 6 aliphatic carbocycles. The fraction of sp³-hybridized carbons (Fsp3) is 0.637. The SMILES string of the molecule is CNC(=O)/C(=N\OCC(=O)O)c1nc2ccccc2n(C2CC3CCCC(C2)N3C2CC3CCCC(C3)C2)c1=O.NC(=O)CC/C(=N\OCC(=O)O)c1nc2ccccc2n(C2CC3CCCC(C2)N3C2CC3CCCC(C3)C2)c1=O.NC(=O)CO/N=C(\C(=O)O)c1nc2ccccc2n(C2CC3CCCC(C2)N3C2CC3CCCCC(C3)C2)c1=O. The molecular weight excluding hydrogens is 1540 g/mol. The summed E-state index contributed by atoms with van der Waals surface area (Å²) < 4.78 is 5.48. The van der Waals surface area contributed by atoms with Crippen LogP contribution < -0.4 is 33.5 Å². The van der Waals surface area contributed by atoms with E-state index in [2.05, 4.69) is 50.4 Å². The van der Waals surface area contributed by atoms with Crippen molar-refractivity contribution in [2.75, 3.05) is 26.9 Å². The number of carbonyl (C=O) groups is 6. The highest BCUT2D eigenvalue weighted by atomic mass is 16.6. The number of piperidine rings is 6. The zero-order chi connectivity index (χ0) is 84.1. The van der Waals surface area contributed by atoms with Crippen LogP contribution in [0.2, 0.25) is 0 Å². The van der Waals surface area contributed by atoms with Crippen molar-refractivity contribution in [2.24, 2.45) is 62.4 Å². The van der Waals surface area contributed by atoms with E-state index < -0.39 is 72.3 Å². The Kier molecular flexibility index (Phi) is 26.6. The first-order valence-corrected chi connectivity index (χ1v) is 45.1. The molecule has 6 saturated heterocycles. The van der Waals surface area contributed by atoms with Crippen molar-refractivity contribution in [3.8, 4) is 0 Å². The maximum atomic E-state index is 14.2. The summed E-state index contributed by atoms with van der Waals surface area (Å²) in [7, 11) is 1.42. The number of primary amides is 2. The molecule has 6 saturated carbocycles. The van der Waals surface area contributed by atoms with Gasteiger partial charge in [-0.3, -0.25) is 43.5 Å². The number of para-hydroxylation sites is 6. The Hall–Kier alpha value is -9.81. The Morgan fingerprint density at radius 1 is 0.372 bits per heavy atom. The van der Waals surface area contributed by atoms with Gasteiger partial charge in [-0.1, -0.05) is 135 Å². The minimum atomic E-state index is -1.46. The van der Waals surface area contributed by atoms with Crippen molar-refractivity contribution < 1.29 is 58.6 Å². The molecule has 3 amide bonds. The molecule has 12 fully saturated rings. The number of carbonyl (C=O) groups excluding carboxylic acids is 3. The van der Waals surface area contributed by atoms with Crippen LogP contribution in [0.5, 0.6) is 0 Å². The molecule has 12 aliphatic rings. The number of nitrogens with one attached hydrogen (secondary N) is 1. The third-order valence-corrected chi connectivity index (χ3v) is 29.4. The molecule has 6 aromatic rings. The topological polar surface area (TPSA) is 406 Å². The molecule has 0 radical (unpaired) electrons. The van der Waals surface area contributed by atoms with Gasteiger partial charge >= 0.3 is 17.9 Å². The van der Waals surface area contributed by atoms with E-state index >= 15 is 0 Å². The lowest BCUT2D eigenvalue weighted by atomic mass is 9.68. The summed E-state index contributed by atoms with van der Waals surface area (Å²) in [6.07, 6.45) is 41.8. The number of rotatable bonds is 23. The number of carboxylic acids is 3. The maximum absolute atomic E-state index is 14.2. The van der Waals surface area contributed by atoms with Crippen LogP contribution in [-0.4, -0.2) is 193 Å². The fourth-order valence-corrected chi connectivity index (χ4v) is 25.0. The zero-order valence-corrected chi connectivity index (χ0v) is 69.7. The molecule has 121 heavy (non-hydrogen) atoms. The molecule has 12 bridgehead atoms. The molecule has 8 N–H and O–H groups in total. The minimum absolute atomic E-state index is 0.0149. The molecule has 3 aromatic carbocycles. The number of amides is 3. The number of aromatic nitrogens is 6. The highest BCUT2D eigenvalue weighted by Crippen LogP contribution is 2.52.